The van der Waals surface area contributed by atoms with E-state index in [9.17, 15) is 4.79 Å². The van der Waals surface area contributed by atoms with Crippen LogP contribution >= 0.6 is 0 Å². The van der Waals surface area contributed by atoms with Crippen LogP contribution in [0.15, 0.2) is 12.1 Å². The van der Waals surface area contributed by atoms with Crippen molar-refractivity contribution in [3.63, 3.8) is 0 Å². The molecule has 0 radical (unpaired) electrons. The highest BCUT2D eigenvalue weighted by Crippen LogP contribution is 2.34. The van der Waals surface area contributed by atoms with Gasteiger partial charge in [-0.05, 0) is 25.8 Å². The number of carbonyl (C=O) groups excluding carboxylic acids is 1. The number of nitrogens with two attached hydrogens (primary N) is 1. The van der Waals surface area contributed by atoms with Gasteiger partial charge in [-0.25, -0.2) is 0 Å². The molecule has 0 aromatic heterocycles. The van der Waals surface area contributed by atoms with E-state index in [0.29, 0.717) is 30.0 Å². The molecule has 5 heteroatoms. The van der Waals surface area contributed by atoms with Crippen LogP contribution in [0.1, 0.15) is 38.7 Å². The Kier molecular flexibility index (Phi) is 7.57. The molecule has 0 fully saturated rings. The Labute approximate surface area is 133 Å². The van der Waals surface area contributed by atoms with Crippen molar-refractivity contribution in [3.8, 4) is 11.5 Å². The zero-order valence-corrected chi connectivity index (χ0v) is 14.1. The molecule has 0 heterocycles. The summed E-state index contributed by atoms with van der Waals surface area (Å²) in [4.78, 5) is 14.2. The predicted octanol–water partition coefficient (Wildman–Crippen LogP) is 2.87. The van der Waals surface area contributed by atoms with Crippen LogP contribution in [0.4, 0.5) is 5.69 Å². The Bertz CT molecular complexity index is 489. The van der Waals surface area contributed by atoms with Crippen molar-refractivity contribution in [2.24, 2.45) is 0 Å². The smallest absolute Gasteiger partial charge is 0.222 e. The number of methoxy groups -OCH3 is 2. The van der Waals surface area contributed by atoms with Crippen LogP contribution in [0.3, 0.4) is 0 Å². The molecule has 22 heavy (non-hydrogen) atoms. The summed E-state index contributed by atoms with van der Waals surface area (Å²) in [5, 5.41) is 0. The summed E-state index contributed by atoms with van der Waals surface area (Å²) in [6.07, 6.45) is 3.16. The molecule has 124 valence electrons. The number of unbranched alkanes of at least 4 members (excludes halogenated alkanes) is 1. The lowest BCUT2D eigenvalue weighted by Crippen LogP contribution is -2.31. The Hall–Kier alpha value is -1.91. The summed E-state index contributed by atoms with van der Waals surface area (Å²) in [6.45, 7) is 5.71. The molecular formula is C17H28N2O3. The lowest BCUT2D eigenvalue weighted by Gasteiger charge is -2.21. The van der Waals surface area contributed by atoms with Gasteiger partial charge in [0.25, 0.3) is 0 Å². The molecular weight excluding hydrogens is 280 g/mol. The maximum absolute atomic E-state index is 12.3. The van der Waals surface area contributed by atoms with Gasteiger partial charge in [0.1, 0.15) is 0 Å². The molecule has 1 rings (SSSR count). The number of anilines is 1. The molecule has 1 aromatic carbocycles. The van der Waals surface area contributed by atoms with E-state index in [1.807, 2.05) is 17.9 Å². The summed E-state index contributed by atoms with van der Waals surface area (Å²) in [7, 11) is 3.18. The van der Waals surface area contributed by atoms with Crippen LogP contribution in [0.25, 0.3) is 0 Å². The van der Waals surface area contributed by atoms with Crippen molar-refractivity contribution in [1.82, 2.24) is 4.90 Å². The molecule has 0 saturated carbocycles. The maximum atomic E-state index is 12.3. The number of rotatable bonds is 9. The van der Waals surface area contributed by atoms with Gasteiger partial charge in [0.05, 0.1) is 14.2 Å². The summed E-state index contributed by atoms with van der Waals surface area (Å²) in [6, 6.07) is 3.57. The highest BCUT2D eigenvalue weighted by Gasteiger charge is 2.15. The van der Waals surface area contributed by atoms with E-state index >= 15 is 0 Å². The molecule has 0 aliphatic rings. The number of hydrogen-bond acceptors (Lipinski definition) is 4. The molecule has 0 bridgehead atoms. The van der Waals surface area contributed by atoms with E-state index in [1.54, 1.807) is 20.3 Å². The molecule has 0 saturated heterocycles. The fourth-order valence-electron chi connectivity index (χ4n) is 2.46. The number of ether oxygens (including phenoxy) is 2. The largest absolute Gasteiger partial charge is 0.493 e. The van der Waals surface area contributed by atoms with Gasteiger partial charge in [-0.3, -0.25) is 4.79 Å². The fourth-order valence-corrected chi connectivity index (χ4v) is 2.46. The number of aryl methyl sites for hydroxylation is 1. The molecule has 1 amide bonds. The van der Waals surface area contributed by atoms with Crippen molar-refractivity contribution < 1.29 is 14.3 Å². The van der Waals surface area contributed by atoms with Gasteiger partial charge >= 0.3 is 0 Å². The van der Waals surface area contributed by atoms with Crippen molar-refractivity contribution in [3.05, 3.63) is 17.7 Å². The number of amides is 1. The van der Waals surface area contributed by atoms with Crippen molar-refractivity contribution in [2.75, 3.05) is 33.0 Å². The topological polar surface area (TPSA) is 64.8 Å². The Balaban J connectivity index is 2.78. The van der Waals surface area contributed by atoms with E-state index in [0.717, 1.165) is 31.5 Å². The Morgan fingerprint density at radius 2 is 1.95 bits per heavy atom. The molecule has 0 unspecified atom stereocenters. The second-order valence-corrected chi connectivity index (χ2v) is 5.24. The second kappa shape index (κ2) is 9.18. The Morgan fingerprint density at radius 3 is 2.50 bits per heavy atom. The summed E-state index contributed by atoms with van der Waals surface area (Å²) in [5.41, 5.74) is 7.40. The summed E-state index contributed by atoms with van der Waals surface area (Å²) >= 11 is 0. The first-order valence-electron chi connectivity index (χ1n) is 7.85. The van der Waals surface area contributed by atoms with E-state index in [4.69, 9.17) is 15.2 Å². The number of carbonyl (C=O) groups is 1. The zero-order valence-electron chi connectivity index (χ0n) is 14.1. The normalized spacial score (nSPS) is 10.4. The van der Waals surface area contributed by atoms with Gasteiger partial charge in [-0.15, -0.1) is 0 Å². The first kappa shape index (κ1) is 18.1. The number of nitrogen functional groups attached to an aromatic ring is 1. The van der Waals surface area contributed by atoms with E-state index in [2.05, 4.69) is 6.92 Å². The van der Waals surface area contributed by atoms with Gasteiger partial charge < -0.3 is 20.1 Å². The third kappa shape index (κ3) is 4.83. The third-order valence-electron chi connectivity index (χ3n) is 3.70. The molecule has 5 nitrogen and oxygen atoms in total. The maximum Gasteiger partial charge on any atom is 0.222 e. The highest BCUT2D eigenvalue weighted by molar-refractivity contribution is 5.76. The third-order valence-corrected chi connectivity index (χ3v) is 3.70. The Morgan fingerprint density at radius 1 is 1.23 bits per heavy atom. The average molecular weight is 308 g/mol. The van der Waals surface area contributed by atoms with Gasteiger partial charge in [-0.2, -0.15) is 0 Å². The average Bonchev–Trinajstić information content (AvgIpc) is 2.52. The number of hydrogen-bond donors (Lipinski definition) is 1. The lowest BCUT2D eigenvalue weighted by molar-refractivity contribution is -0.131. The van der Waals surface area contributed by atoms with Crippen LogP contribution in [0, 0.1) is 0 Å². The summed E-state index contributed by atoms with van der Waals surface area (Å²) in [5.74, 6) is 1.42. The second-order valence-electron chi connectivity index (χ2n) is 5.24. The van der Waals surface area contributed by atoms with Crippen LogP contribution in [-0.2, 0) is 11.2 Å². The van der Waals surface area contributed by atoms with Crippen molar-refractivity contribution >= 4 is 11.6 Å². The van der Waals surface area contributed by atoms with Crippen molar-refractivity contribution in [1.29, 1.82) is 0 Å². The standard InChI is InChI=1S/C17H28N2O3/c1-5-7-10-19(6-2)16(20)9-8-13-11-14(18)12-15(21-3)17(13)22-4/h11-12H,5-10,18H2,1-4H3. The summed E-state index contributed by atoms with van der Waals surface area (Å²) < 4.78 is 10.7. The van der Waals surface area contributed by atoms with Gasteiger partial charge in [0.15, 0.2) is 11.5 Å². The SMILES string of the molecule is CCCCN(CC)C(=O)CCc1cc(N)cc(OC)c1OC. The number of benzene rings is 1. The van der Waals surface area contributed by atoms with Gasteiger partial charge in [0, 0.05) is 36.8 Å². The van der Waals surface area contributed by atoms with E-state index < -0.39 is 0 Å². The molecule has 0 atom stereocenters. The predicted molar refractivity (Wildman–Crippen MR) is 89.4 cm³/mol. The van der Waals surface area contributed by atoms with Crippen LogP contribution in [0.5, 0.6) is 11.5 Å². The fraction of sp³-hybridized carbons (Fsp3) is 0.588. The zero-order chi connectivity index (χ0) is 16.5. The van der Waals surface area contributed by atoms with E-state index in [-0.39, 0.29) is 5.91 Å². The highest BCUT2D eigenvalue weighted by atomic mass is 16.5. The monoisotopic (exact) mass is 308 g/mol. The van der Waals surface area contributed by atoms with Crippen molar-refractivity contribution in [2.45, 2.75) is 39.5 Å². The molecule has 1 aromatic rings. The first-order valence-corrected chi connectivity index (χ1v) is 7.85. The quantitative estimate of drug-likeness (QED) is 0.712. The molecule has 0 aliphatic carbocycles. The van der Waals surface area contributed by atoms with E-state index in [1.165, 1.54) is 0 Å². The van der Waals surface area contributed by atoms with Crippen LogP contribution in [0.2, 0.25) is 0 Å². The minimum atomic E-state index is 0.166. The minimum absolute atomic E-state index is 0.166. The first-order chi connectivity index (χ1) is 10.6. The van der Waals surface area contributed by atoms with Gasteiger partial charge in [0.2, 0.25) is 5.91 Å². The lowest BCUT2D eigenvalue weighted by atomic mass is 10.1. The molecule has 0 aliphatic heterocycles. The number of nitrogens with zero attached hydrogens (tertiary/aromatic N) is 1. The van der Waals surface area contributed by atoms with Crippen LogP contribution < -0.4 is 15.2 Å². The van der Waals surface area contributed by atoms with Crippen LogP contribution in [-0.4, -0.2) is 38.1 Å². The van der Waals surface area contributed by atoms with Gasteiger partial charge in [-0.1, -0.05) is 13.3 Å². The minimum Gasteiger partial charge on any atom is -0.493 e. The molecule has 0 spiro atoms. The molecule has 2 N–H and O–H groups in total.